The molecule has 2 heteroatoms. The molecular formula is C52H87N2+. The summed E-state index contributed by atoms with van der Waals surface area (Å²) in [6, 6.07) is 22.7. The van der Waals surface area contributed by atoms with Crippen LogP contribution in [-0.4, -0.2) is 4.98 Å². The molecule has 0 spiro atoms. The Hall–Kier alpha value is -2.35. The summed E-state index contributed by atoms with van der Waals surface area (Å²) in [5.74, 6) is 1.88. The van der Waals surface area contributed by atoms with Gasteiger partial charge in [-0.2, -0.15) is 0 Å². The van der Waals surface area contributed by atoms with Crippen LogP contribution in [0.15, 0.2) is 73.1 Å². The number of imidazole rings is 1. The summed E-state index contributed by atoms with van der Waals surface area (Å²) in [5, 5.41) is 0. The summed E-state index contributed by atoms with van der Waals surface area (Å²) in [6.07, 6.45) is 47.8. The van der Waals surface area contributed by atoms with Crippen molar-refractivity contribution in [3.05, 3.63) is 90.0 Å². The molecule has 3 aromatic rings. The molecule has 54 heavy (non-hydrogen) atoms. The summed E-state index contributed by atoms with van der Waals surface area (Å²) in [7, 11) is 0. The Kier molecular flexibility index (Phi) is 26.3. The summed E-state index contributed by atoms with van der Waals surface area (Å²) in [5.41, 5.74) is 2.91. The van der Waals surface area contributed by atoms with E-state index in [1.54, 1.807) is 0 Å². The molecule has 2 unspecified atom stereocenters. The zero-order valence-electron chi connectivity index (χ0n) is 36.1. The third-order valence-electron chi connectivity index (χ3n) is 12.6. The fraction of sp³-hybridized carbons (Fsp3) is 0.712. The fourth-order valence-electron chi connectivity index (χ4n) is 9.09. The van der Waals surface area contributed by atoms with Gasteiger partial charge >= 0.3 is 0 Å². The van der Waals surface area contributed by atoms with Gasteiger partial charge in [-0.05, 0) is 36.8 Å². The highest BCUT2D eigenvalue weighted by Gasteiger charge is 2.42. The highest BCUT2D eigenvalue weighted by Crippen LogP contribution is 2.43. The van der Waals surface area contributed by atoms with Crippen molar-refractivity contribution in [2.24, 2.45) is 0 Å². The lowest BCUT2D eigenvalue weighted by Crippen LogP contribution is -2.43. The SMILES string of the molecule is CCCCCCCCCCCCCCCCCC(c1[nH]cc[n+]1CCCCCCCCCCCCCCCC)C(C)(Cc1ccccc1)c1ccccc1. The molecule has 0 saturated carbocycles. The topological polar surface area (TPSA) is 19.7 Å². The molecule has 0 bridgehead atoms. The van der Waals surface area contributed by atoms with E-state index in [9.17, 15) is 0 Å². The Morgan fingerprint density at radius 2 is 0.870 bits per heavy atom. The van der Waals surface area contributed by atoms with E-state index in [2.05, 4.69) is 103 Å². The minimum Gasteiger partial charge on any atom is -0.247 e. The first-order chi connectivity index (χ1) is 26.7. The number of hydrogen-bond donors (Lipinski definition) is 1. The maximum atomic E-state index is 3.83. The van der Waals surface area contributed by atoms with Crippen molar-refractivity contribution in [1.29, 1.82) is 0 Å². The number of rotatable bonds is 36. The Bertz CT molecular complexity index is 1230. The molecular weight excluding hydrogens is 653 g/mol. The molecule has 3 rings (SSSR count). The van der Waals surface area contributed by atoms with Crippen LogP contribution >= 0.6 is 0 Å². The summed E-state index contributed by atoms with van der Waals surface area (Å²) >= 11 is 0. The van der Waals surface area contributed by atoms with Gasteiger partial charge in [-0.15, -0.1) is 0 Å². The molecule has 1 aromatic heterocycles. The quantitative estimate of drug-likeness (QED) is 0.0453. The first-order valence-electron chi connectivity index (χ1n) is 23.8. The molecule has 304 valence electrons. The molecule has 2 aromatic carbocycles. The minimum absolute atomic E-state index is 0.000719. The van der Waals surface area contributed by atoms with E-state index in [0.717, 1.165) is 13.0 Å². The summed E-state index contributed by atoms with van der Waals surface area (Å²) < 4.78 is 2.60. The van der Waals surface area contributed by atoms with Gasteiger partial charge in [0, 0.05) is 5.41 Å². The normalized spacial score (nSPS) is 13.3. The van der Waals surface area contributed by atoms with Crippen LogP contribution < -0.4 is 4.57 Å². The number of aromatic nitrogens is 2. The van der Waals surface area contributed by atoms with Crippen LogP contribution in [0.1, 0.15) is 236 Å². The minimum atomic E-state index is 0.000719. The van der Waals surface area contributed by atoms with Gasteiger partial charge in [0.25, 0.3) is 5.82 Å². The molecule has 1 N–H and O–H groups in total. The van der Waals surface area contributed by atoms with Crippen LogP contribution in [0.5, 0.6) is 0 Å². The zero-order valence-corrected chi connectivity index (χ0v) is 36.1. The molecule has 0 amide bonds. The van der Waals surface area contributed by atoms with Crippen LogP contribution in [0.4, 0.5) is 0 Å². The molecule has 0 saturated heterocycles. The van der Waals surface area contributed by atoms with E-state index in [0.29, 0.717) is 5.92 Å². The van der Waals surface area contributed by atoms with Crippen LogP contribution in [0.25, 0.3) is 0 Å². The van der Waals surface area contributed by atoms with Gasteiger partial charge in [-0.3, -0.25) is 0 Å². The smallest absolute Gasteiger partial charge is 0.247 e. The standard InChI is InChI=1S/C52H86N2/c1-4-6-8-10-12-14-16-18-20-21-23-25-27-29-37-43-50(52(3,49-41-35-32-36-42-49)47-48-39-33-31-34-40-48)51-53-44-46-54(51)45-38-30-28-26-24-22-19-17-15-13-11-9-7-5-2/h31-36,39-42,44,46,50H,4-30,37-38,43,45,47H2,1-3H3/p+1. The van der Waals surface area contributed by atoms with Gasteiger partial charge in [-0.1, -0.05) is 255 Å². The van der Waals surface area contributed by atoms with Gasteiger partial charge in [0.15, 0.2) is 0 Å². The Morgan fingerprint density at radius 1 is 0.481 bits per heavy atom. The van der Waals surface area contributed by atoms with Crippen molar-refractivity contribution in [2.75, 3.05) is 0 Å². The highest BCUT2D eigenvalue weighted by molar-refractivity contribution is 5.32. The molecule has 2 atom stereocenters. The lowest BCUT2D eigenvalue weighted by atomic mass is 9.66. The molecule has 0 aliphatic carbocycles. The van der Waals surface area contributed by atoms with Gasteiger partial charge in [-0.25, -0.2) is 9.55 Å². The van der Waals surface area contributed by atoms with Gasteiger partial charge in [0.2, 0.25) is 0 Å². The van der Waals surface area contributed by atoms with E-state index in [1.165, 1.54) is 210 Å². The molecule has 0 fully saturated rings. The number of aryl methyl sites for hydroxylation is 1. The first-order valence-corrected chi connectivity index (χ1v) is 23.8. The van der Waals surface area contributed by atoms with Gasteiger partial charge < -0.3 is 0 Å². The highest BCUT2D eigenvalue weighted by atomic mass is 15.1. The second kappa shape index (κ2) is 30.8. The first kappa shape index (κ1) is 46.0. The Balaban J connectivity index is 1.49. The molecule has 1 heterocycles. The van der Waals surface area contributed by atoms with Crippen molar-refractivity contribution in [3.63, 3.8) is 0 Å². The maximum Gasteiger partial charge on any atom is 0.258 e. The maximum absolute atomic E-state index is 3.83. The summed E-state index contributed by atoms with van der Waals surface area (Å²) in [4.78, 5) is 3.83. The number of H-pyrrole nitrogens is 1. The van der Waals surface area contributed by atoms with E-state index in [-0.39, 0.29) is 5.41 Å². The number of hydrogen-bond acceptors (Lipinski definition) is 0. The summed E-state index contributed by atoms with van der Waals surface area (Å²) in [6.45, 7) is 8.31. The van der Waals surface area contributed by atoms with Crippen molar-refractivity contribution < 1.29 is 4.57 Å². The van der Waals surface area contributed by atoms with Gasteiger partial charge in [0.1, 0.15) is 12.4 Å². The molecule has 2 nitrogen and oxygen atoms in total. The van der Waals surface area contributed by atoms with E-state index >= 15 is 0 Å². The Labute approximate surface area is 336 Å². The second-order valence-corrected chi connectivity index (χ2v) is 17.4. The van der Waals surface area contributed by atoms with Crippen LogP contribution in [0.2, 0.25) is 0 Å². The van der Waals surface area contributed by atoms with E-state index in [4.69, 9.17) is 0 Å². The number of nitrogens with one attached hydrogen (secondary N) is 1. The zero-order chi connectivity index (χ0) is 38.2. The van der Waals surface area contributed by atoms with Gasteiger partial charge in [0.05, 0.1) is 12.5 Å². The molecule has 0 aliphatic rings. The number of unbranched alkanes of at least 4 members (excludes halogenated alkanes) is 27. The number of benzene rings is 2. The van der Waals surface area contributed by atoms with Crippen LogP contribution in [-0.2, 0) is 18.4 Å². The lowest BCUT2D eigenvalue weighted by Gasteiger charge is -2.37. The predicted molar refractivity (Wildman–Crippen MR) is 238 cm³/mol. The molecule has 0 aliphatic heterocycles. The second-order valence-electron chi connectivity index (χ2n) is 17.4. The third kappa shape index (κ3) is 19.5. The molecule has 0 radical (unpaired) electrons. The van der Waals surface area contributed by atoms with Crippen LogP contribution in [0, 0.1) is 0 Å². The number of nitrogens with zero attached hydrogens (tertiary/aromatic N) is 1. The number of aromatic amines is 1. The van der Waals surface area contributed by atoms with Crippen molar-refractivity contribution >= 4 is 0 Å². The largest absolute Gasteiger partial charge is 0.258 e. The van der Waals surface area contributed by atoms with E-state index < -0.39 is 0 Å². The van der Waals surface area contributed by atoms with Crippen molar-refractivity contribution in [1.82, 2.24) is 4.98 Å². The fourth-order valence-corrected chi connectivity index (χ4v) is 9.09. The van der Waals surface area contributed by atoms with Crippen molar-refractivity contribution in [2.45, 2.75) is 238 Å². The average Bonchev–Trinajstić information content (AvgIpc) is 3.66. The third-order valence-corrected chi connectivity index (χ3v) is 12.6. The average molecular weight is 740 g/mol. The lowest BCUT2D eigenvalue weighted by molar-refractivity contribution is -0.705. The van der Waals surface area contributed by atoms with E-state index in [1.807, 2.05) is 0 Å². The monoisotopic (exact) mass is 740 g/mol. The van der Waals surface area contributed by atoms with Crippen LogP contribution in [0.3, 0.4) is 0 Å². The Morgan fingerprint density at radius 3 is 1.31 bits per heavy atom. The predicted octanol–water partition coefficient (Wildman–Crippen LogP) is 16.3. The van der Waals surface area contributed by atoms with Crippen molar-refractivity contribution in [3.8, 4) is 0 Å².